The van der Waals surface area contributed by atoms with Crippen LogP contribution in [0.5, 0.6) is 0 Å². The van der Waals surface area contributed by atoms with E-state index in [1.807, 2.05) is 25.1 Å². The fraction of sp³-hybridized carbons (Fsp3) is 0.438. The maximum absolute atomic E-state index is 11.7. The fourth-order valence-electron chi connectivity index (χ4n) is 2.82. The van der Waals surface area contributed by atoms with Crippen molar-refractivity contribution in [2.45, 2.75) is 32.4 Å². The number of hydrogen-bond acceptors (Lipinski definition) is 4. The molecule has 0 radical (unpaired) electrons. The number of hydrogen-bond donors (Lipinski definition) is 2. The van der Waals surface area contributed by atoms with E-state index in [9.17, 15) is 9.59 Å². The Labute approximate surface area is 133 Å². The van der Waals surface area contributed by atoms with Crippen LogP contribution in [0.1, 0.15) is 30.3 Å². The van der Waals surface area contributed by atoms with Crippen molar-refractivity contribution in [1.29, 1.82) is 0 Å². The Kier molecular flexibility index (Phi) is 4.29. The highest BCUT2D eigenvalue weighted by Gasteiger charge is 2.24. The van der Waals surface area contributed by atoms with Crippen LogP contribution in [0.4, 0.5) is 0 Å². The Morgan fingerprint density at radius 3 is 3.04 bits per heavy atom. The van der Waals surface area contributed by atoms with Gasteiger partial charge in [-0.1, -0.05) is 6.07 Å². The number of aliphatic carboxylic acids is 1. The summed E-state index contributed by atoms with van der Waals surface area (Å²) in [4.78, 5) is 26.8. The second kappa shape index (κ2) is 6.37. The summed E-state index contributed by atoms with van der Waals surface area (Å²) in [6.45, 7) is 3.36. The van der Waals surface area contributed by atoms with Gasteiger partial charge in [-0.05, 0) is 24.6 Å². The Morgan fingerprint density at radius 1 is 1.43 bits per heavy atom. The number of carbonyl (C=O) groups excluding carboxylic acids is 1. The number of rotatable bonds is 5. The first-order chi connectivity index (χ1) is 11.0. The van der Waals surface area contributed by atoms with Crippen LogP contribution in [0.2, 0.25) is 0 Å². The van der Waals surface area contributed by atoms with Crippen molar-refractivity contribution in [2.75, 3.05) is 13.2 Å². The maximum Gasteiger partial charge on any atom is 0.303 e. The zero-order valence-corrected chi connectivity index (χ0v) is 12.9. The predicted molar refractivity (Wildman–Crippen MR) is 83.0 cm³/mol. The quantitative estimate of drug-likeness (QED) is 0.869. The molecule has 1 aromatic carbocycles. The van der Waals surface area contributed by atoms with Crippen molar-refractivity contribution < 1.29 is 19.4 Å². The van der Waals surface area contributed by atoms with E-state index >= 15 is 0 Å². The lowest BCUT2D eigenvalue weighted by molar-refractivity contribution is -0.138. The first kappa shape index (κ1) is 15.5. The zero-order chi connectivity index (χ0) is 16.4. The summed E-state index contributed by atoms with van der Waals surface area (Å²) in [7, 11) is 0. The molecule has 2 N–H and O–H groups in total. The van der Waals surface area contributed by atoms with Crippen molar-refractivity contribution in [3.05, 3.63) is 29.6 Å². The molecular weight excluding hydrogens is 298 g/mol. The number of imidazole rings is 1. The molecule has 7 heteroatoms. The van der Waals surface area contributed by atoms with Gasteiger partial charge in [0.05, 0.1) is 30.1 Å². The van der Waals surface area contributed by atoms with Gasteiger partial charge in [-0.25, -0.2) is 4.98 Å². The molecule has 0 aliphatic carbocycles. The van der Waals surface area contributed by atoms with Crippen molar-refractivity contribution >= 4 is 22.9 Å². The van der Waals surface area contributed by atoms with Crippen LogP contribution in [0.3, 0.4) is 0 Å². The minimum absolute atomic E-state index is 0.0142. The van der Waals surface area contributed by atoms with Crippen LogP contribution in [0.25, 0.3) is 11.0 Å². The molecule has 2 aromatic rings. The van der Waals surface area contributed by atoms with E-state index in [1.54, 1.807) is 0 Å². The smallest absolute Gasteiger partial charge is 0.303 e. The molecule has 0 bridgehead atoms. The molecule has 1 aromatic heterocycles. The average molecular weight is 317 g/mol. The molecule has 1 aliphatic rings. The molecule has 1 amide bonds. The third-order valence-corrected chi connectivity index (χ3v) is 3.93. The van der Waals surface area contributed by atoms with Crippen LogP contribution in [0.15, 0.2) is 18.2 Å². The van der Waals surface area contributed by atoms with E-state index in [4.69, 9.17) is 9.84 Å². The molecule has 1 atom stereocenters. The molecule has 1 aliphatic heterocycles. The highest BCUT2D eigenvalue weighted by atomic mass is 16.5. The summed E-state index contributed by atoms with van der Waals surface area (Å²) in [5.41, 5.74) is 3.10. The van der Waals surface area contributed by atoms with E-state index in [0.717, 1.165) is 22.4 Å². The highest BCUT2D eigenvalue weighted by molar-refractivity contribution is 5.80. The molecule has 23 heavy (non-hydrogen) atoms. The summed E-state index contributed by atoms with van der Waals surface area (Å²) in [5, 5.41) is 11.4. The summed E-state index contributed by atoms with van der Waals surface area (Å²) in [6.07, 6.45) is -0.175. The second-order valence-electron chi connectivity index (χ2n) is 5.76. The lowest BCUT2D eigenvalue weighted by atomic mass is 10.2. The van der Waals surface area contributed by atoms with Crippen molar-refractivity contribution in [3.8, 4) is 0 Å². The molecule has 0 spiro atoms. The third-order valence-electron chi connectivity index (χ3n) is 3.93. The number of nitrogens with one attached hydrogen (secondary N) is 1. The monoisotopic (exact) mass is 317 g/mol. The Balaban J connectivity index is 1.75. The van der Waals surface area contributed by atoms with Crippen molar-refractivity contribution in [2.24, 2.45) is 0 Å². The molecule has 0 fully saturated rings. The van der Waals surface area contributed by atoms with E-state index < -0.39 is 5.97 Å². The van der Waals surface area contributed by atoms with Gasteiger partial charge in [0, 0.05) is 13.0 Å². The summed E-state index contributed by atoms with van der Waals surface area (Å²) < 4.78 is 7.68. The number of nitrogens with zero attached hydrogens (tertiary/aromatic N) is 2. The summed E-state index contributed by atoms with van der Waals surface area (Å²) in [5.74, 6) is -0.388. The molecule has 0 saturated carbocycles. The summed E-state index contributed by atoms with van der Waals surface area (Å²) >= 11 is 0. The predicted octanol–water partition coefficient (Wildman–Crippen LogP) is 1.40. The first-order valence-corrected chi connectivity index (χ1v) is 7.58. The van der Waals surface area contributed by atoms with E-state index in [0.29, 0.717) is 19.8 Å². The largest absolute Gasteiger partial charge is 0.481 e. The number of carboxylic acid groups (broad SMARTS) is 1. The van der Waals surface area contributed by atoms with E-state index in [1.165, 1.54) is 0 Å². The third kappa shape index (κ3) is 3.34. The Morgan fingerprint density at radius 2 is 2.26 bits per heavy atom. The molecule has 0 saturated heterocycles. The normalized spacial score (nSPS) is 17.0. The van der Waals surface area contributed by atoms with Gasteiger partial charge in [0.25, 0.3) is 0 Å². The van der Waals surface area contributed by atoms with Gasteiger partial charge < -0.3 is 19.7 Å². The average Bonchev–Trinajstić information content (AvgIpc) is 2.88. The van der Waals surface area contributed by atoms with Gasteiger partial charge in [0.1, 0.15) is 12.4 Å². The van der Waals surface area contributed by atoms with Crippen LogP contribution in [-0.2, 0) is 20.9 Å². The number of carbonyl (C=O) groups is 2. The minimum Gasteiger partial charge on any atom is -0.481 e. The number of carboxylic acids is 1. The number of ether oxygens (including phenoxy) is 1. The number of benzene rings is 1. The second-order valence-corrected chi connectivity index (χ2v) is 5.76. The number of fused-ring (bicyclic) bond motifs is 3. The number of aromatic nitrogens is 2. The first-order valence-electron chi connectivity index (χ1n) is 7.58. The topological polar surface area (TPSA) is 93.5 Å². The van der Waals surface area contributed by atoms with Crippen molar-refractivity contribution in [1.82, 2.24) is 14.9 Å². The number of amides is 1. The minimum atomic E-state index is -0.973. The van der Waals surface area contributed by atoms with Crippen LogP contribution >= 0.6 is 0 Å². The zero-order valence-electron chi connectivity index (χ0n) is 12.9. The van der Waals surface area contributed by atoms with Gasteiger partial charge in [-0.15, -0.1) is 0 Å². The van der Waals surface area contributed by atoms with Crippen LogP contribution in [0, 0.1) is 6.92 Å². The van der Waals surface area contributed by atoms with Gasteiger partial charge in [0.2, 0.25) is 5.91 Å². The molecular formula is C16H19N3O4. The van der Waals surface area contributed by atoms with Gasteiger partial charge in [0.15, 0.2) is 0 Å². The van der Waals surface area contributed by atoms with Gasteiger partial charge in [-0.2, -0.15) is 0 Å². The Hall–Kier alpha value is -2.41. The lowest BCUT2D eigenvalue weighted by Gasteiger charge is -2.26. The Bertz CT molecular complexity index is 753. The van der Waals surface area contributed by atoms with E-state index in [2.05, 4.69) is 14.9 Å². The van der Waals surface area contributed by atoms with Gasteiger partial charge in [-0.3, -0.25) is 9.59 Å². The van der Waals surface area contributed by atoms with Crippen LogP contribution < -0.4 is 5.32 Å². The number of aryl methyl sites for hydroxylation is 1. The highest BCUT2D eigenvalue weighted by Crippen LogP contribution is 2.26. The molecule has 122 valence electrons. The summed E-state index contributed by atoms with van der Waals surface area (Å²) in [6, 6.07) is 6.06. The molecule has 2 heterocycles. The van der Waals surface area contributed by atoms with Crippen molar-refractivity contribution in [3.63, 3.8) is 0 Å². The molecule has 7 nitrogen and oxygen atoms in total. The standard InChI is InChI=1S/C16H19N3O4/c1-10-2-3-13-12(6-10)18-14-9-23-8-11(19(13)14)7-17-15(20)4-5-16(21)22/h2-3,6,11H,4-5,7-9H2,1H3,(H,17,20)(H,21,22)/t11-/m0/s1. The van der Waals surface area contributed by atoms with Gasteiger partial charge >= 0.3 is 5.97 Å². The molecule has 0 unspecified atom stereocenters. The van der Waals surface area contributed by atoms with E-state index in [-0.39, 0.29) is 24.8 Å². The lowest BCUT2D eigenvalue weighted by Crippen LogP contribution is -2.35. The fourth-order valence-corrected chi connectivity index (χ4v) is 2.82. The molecule has 3 rings (SSSR count). The van der Waals surface area contributed by atoms with Crippen LogP contribution in [-0.4, -0.2) is 39.7 Å². The maximum atomic E-state index is 11.7. The SMILES string of the molecule is Cc1ccc2c(c1)nc1n2[C@@H](CNC(=O)CCC(=O)O)COC1.